The van der Waals surface area contributed by atoms with E-state index in [-0.39, 0.29) is 12.4 Å². The van der Waals surface area contributed by atoms with Crippen LogP contribution in [-0.4, -0.2) is 15.0 Å². The fraction of sp³-hybridized carbons (Fsp3) is 0.0500. The van der Waals surface area contributed by atoms with Crippen LogP contribution < -0.4 is 5.32 Å². The van der Waals surface area contributed by atoms with Gasteiger partial charge < -0.3 is 5.32 Å². The van der Waals surface area contributed by atoms with E-state index in [2.05, 4.69) is 44.5 Å². The van der Waals surface area contributed by atoms with Gasteiger partial charge in [-0.15, -0.1) is 12.4 Å². The maximum atomic E-state index is 4.36. The van der Waals surface area contributed by atoms with Gasteiger partial charge in [0.1, 0.15) is 12.1 Å². The van der Waals surface area contributed by atoms with Crippen molar-refractivity contribution < 1.29 is 0 Å². The largest absolute Gasteiger partial charge is 0.340 e. The second-order valence-corrected chi connectivity index (χ2v) is 5.59. The molecule has 0 aliphatic rings. The third-order valence-electron chi connectivity index (χ3n) is 3.92. The molecule has 0 bridgehead atoms. The second kappa shape index (κ2) is 7.73. The molecule has 4 nitrogen and oxygen atoms in total. The zero-order chi connectivity index (χ0) is 16.2. The predicted molar refractivity (Wildman–Crippen MR) is 104 cm³/mol. The highest BCUT2D eigenvalue weighted by atomic mass is 35.5. The zero-order valence-electron chi connectivity index (χ0n) is 13.5. The molecule has 4 rings (SSSR count). The SMILES string of the molecule is Cl.c1ccc2c(Nc3ccc(Cc4ccncc4)cc3)ncnc2c1. The summed E-state index contributed by atoms with van der Waals surface area (Å²) in [6, 6.07) is 20.5. The molecular formula is C20H17ClN4. The molecule has 1 N–H and O–H groups in total. The lowest BCUT2D eigenvalue weighted by Gasteiger charge is -2.09. The number of pyridine rings is 1. The smallest absolute Gasteiger partial charge is 0.141 e. The Morgan fingerprint density at radius 3 is 2.28 bits per heavy atom. The van der Waals surface area contributed by atoms with Gasteiger partial charge in [-0.1, -0.05) is 24.3 Å². The van der Waals surface area contributed by atoms with Gasteiger partial charge in [0.25, 0.3) is 0 Å². The molecule has 5 heteroatoms. The van der Waals surface area contributed by atoms with Gasteiger partial charge in [-0.25, -0.2) is 9.97 Å². The first-order chi connectivity index (χ1) is 11.9. The van der Waals surface area contributed by atoms with Crippen molar-refractivity contribution in [2.24, 2.45) is 0 Å². The van der Waals surface area contributed by atoms with Gasteiger partial charge in [-0.2, -0.15) is 0 Å². The maximum Gasteiger partial charge on any atom is 0.141 e. The molecule has 0 atom stereocenters. The minimum atomic E-state index is 0. The predicted octanol–water partition coefficient (Wildman–Crippen LogP) is 4.78. The van der Waals surface area contributed by atoms with Crippen molar-refractivity contribution in [3.8, 4) is 0 Å². The van der Waals surface area contributed by atoms with E-state index in [0.29, 0.717) is 0 Å². The van der Waals surface area contributed by atoms with E-state index < -0.39 is 0 Å². The number of rotatable bonds is 4. The Morgan fingerprint density at radius 1 is 0.760 bits per heavy atom. The summed E-state index contributed by atoms with van der Waals surface area (Å²) < 4.78 is 0. The number of aromatic nitrogens is 3. The molecule has 25 heavy (non-hydrogen) atoms. The van der Waals surface area contributed by atoms with Crippen molar-refractivity contribution in [3.05, 3.63) is 90.5 Å². The van der Waals surface area contributed by atoms with Crippen LogP contribution in [0, 0.1) is 0 Å². The summed E-state index contributed by atoms with van der Waals surface area (Å²) in [7, 11) is 0. The highest BCUT2D eigenvalue weighted by Gasteiger charge is 2.03. The molecule has 0 amide bonds. The summed E-state index contributed by atoms with van der Waals surface area (Å²) in [5.41, 5.74) is 4.47. The van der Waals surface area contributed by atoms with Crippen LogP contribution in [0.4, 0.5) is 11.5 Å². The Bertz CT molecular complexity index is 951. The average molecular weight is 349 g/mol. The fourth-order valence-corrected chi connectivity index (χ4v) is 2.68. The van der Waals surface area contributed by atoms with E-state index in [1.165, 1.54) is 11.1 Å². The van der Waals surface area contributed by atoms with Crippen molar-refractivity contribution in [2.45, 2.75) is 6.42 Å². The highest BCUT2D eigenvalue weighted by Crippen LogP contribution is 2.23. The quantitative estimate of drug-likeness (QED) is 0.576. The average Bonchev–Trinajstić information content (AvgIpc) is 2.65. The van der Waals surface area contributed by atoms with E-state index in [0.717, 1.165) is 28.8 Å². The molecule has 0 fully saturated rings. The number of nitrogens with zero attached hydrogens (tertiary/aromatic N) is 3. The molecule has 2 aromatic heterocycles. The molecule has 0 aliphatic heterocycles. The summed E-state index contributed by atoms with van der Waals surface area (Å²) in [4.78, 5) is 12.7. The van der Waals surface area contributed by atoms with Crippen LogP contribution in [0.1, 0.15) is 11.1 Å². The van der Waals surface area contributed by atoms with Crippen LogP contribution >= 0.6 is 12.4 Å². The van der Waals surface area contributed by atoms with Crippen LogP contribution in [0.25, 0.3) is 10.9 Å². The number of fused-ring (bicyclic) bond motifs is 1. The Balaban J connectivity index is 0.00000182. The van der Waals surface area contributed by atoms with Gasteiger partial charge in [0.15, 0.2) is 0 Å². The maximum absolute atomic E-state index is 4.36. The number of nitrogens with one attached hydrogen (secondary N) is 1. The lowest BCUT2D eigenvalue weighted by Crippen LogP contribution is -1.96. The number of hydrogen-bond donors (Lipinski definition) is 1. The monoisotopic (exact) mass is 348 g/mol. The summed E-state index contributed by atoms with van der Waals surface area (Å²) in [5, 5.41) is 4.39. The van der Waals surface area contributed by atoms with Crippen molar-refractivity contribution in [1.82, 2.24) is 15.0 Å². The Morgan fingerprint density at radius 2 is 1.48 bits per heavy atom. The second-order valence-electron chi connectivity index (χ2n) is 5.59. The van der Waals surface area contributed by atoms with E-state index in [9.17, 15) is 0 Å². The molecular weight excluding hydrogens is 332 g/mol. The van der Waals surface area contributed by atoms with Crippen LogP contribution in [-0.2, 0) is 6.42 Å². The Kier molecular flexibility index (Phi) is 5.21. The highest BCUT2D eigenvalue weighted by molar-refractivity contribution is 5.90. The third kappa shape index (κ3) is 3.92. The molecule has 0 saturated carbocycles. The van der Waals surface area contributed by atoms with Gasteiger partial charge in [0.2, 0.25) is 0 Å². The molecule has 0 radical (unpaired) electrons. The summed E-state index contributed by atoms with van der Waals surface area (Å²) >= 11 is 0. The minimum absolute atomic E-state index is 0. The number of hydrogen-bond acceptors (Lipinski definition) is 4. The van der Waals surface area contributed by atoms with Crippen molar-refractivity contribution in [1.29, 1.82) is 0 Å². The molecule has 0 aliphatic carbocycles. The lowest BCUT2D eigenvalue weighted by molar-refractivity contribution is 1.16. The van der Waals surface area contributed by atoms with Crippen molar-refractivity contribution in [3.63, 3.8) is 0 Å². The molecule has 2 heterocycles. The van der Waals surface area contributed by atoms with Gasteiger partial charge in [0.05, 0.1) is 5.52 Å². The lowest BCUT2D eigenvalue weighted by atomic mass is 10.1. The van der Waals surface area contributed by atoms with E-state index in [1.54, 1.807) is 6.33 Å². The Hall–Kier alpha value is -2.98. The summed E-state index contributed by atoms with van der Waals surface area (Å²) in [6.07, 6.45) is 6.14. The molecule has 124 valence electrons. The zero-order valence-corrected chi connectivity index (χ0v) is 14.3. The van der Waals surface area contributed by atoms with E-state index in [4.69, 9.17) is 0 Å². The number of anilines is 2. The molecule has 0 unspecified atom stereocenters. The van der Waals surface area contributed by atoms with Gasteiger partial charge >= 0.3 is 0 Å². The summed E-state index contributed by atoms with van der Waals surface area (Å²) in [5.74, 6) is 0.822. The Labute approximate surface area is 152 Å². The molecule has 4 aromatic rings. The number of para-hydroxylation sites is 1. The first-order valence-corrected chi connectivity index (χ1v) is 7.83. The van der Waals surface area contributed by atoms with Crippen LogP contribution in [0.5, 0.6) is 0 Å². The first-order valence-electron chi connectivity index (χ1n) is 7.83. The fourth-order valence-electron chi connectivity index (χ4n) is 2.68. The van der Waals surface area contributed by atoms with Gasteiger partial charge in [-0.05, 0) is 53.9 Å². The van der Waals surface area contributed by atoms with E-state index >= 15 is 0 Å². The standard InChI is InChI=1S/C20H16N4.ClH/c1-2-4-19-18(3-1)20(23-14-22-19)24-17-7-5-15(6-8-17)13-16-9-11-21-12-10-16;/h1-12,14H,13H2,(H,22,23,24);1H. The first kappa shape index (κ1) is 16.9. The van der Waals surface area contributed by atoms with Crippen LogP contribution in [0.2, 0.25) is 0 Å². The summed E-state index contributed by atoms with van der Waals surface area (Å²) in [6.45, 7) is 0. The number of benzene rings is 2. The van der Waals surface area contributed by atoms with Crippen LogP contribution in [0.15, 0.2) is 79.4 Å². The van der Waals surface area contributed by atoms with Gasteiger partial charge in [0, 0.05) is 23.5 Å². The topological polar surface area (TPSA) is 50.7 Å². The molecule has 0 spiro atoms. The normalized spacial score (nSPS) is 10.2. The molecule has 2 aromatic carbocycles. The number of halogens is 1. The van der Waals surface area contributed by atoms with Gasteiger partial charge in [-0.3, -0.25) is 4.98 Å². The van der Waals surface area contributed by atoms with Crippen LogP contribution in [0.3, 0.4) is 0 Å². The minimum Gasteiger partial charge on any atom is -0.340 e. The molecule has 0 saturated heterocycles. The third-order valence-corrected chi connectivity index (χ3v) is 3.92. The van der Waals surface area contributed by atoms with E-state index in [1.807, 2.05) is 48.8 Å². The van der Waals surface area contributed by atoms with Crippen molar-refractivity contribution >= 4 is 34.8 Å². The van der Waals surface area contributed by atoms with Crippen molar-refractivity contribution in [2.75, 3.05) is 5.32 Å².